The Balaban J connectivity index is 1.04. The topological polar surface area (TPSA) is 0 Å². The number of thiophene rings is 1. The second kappa shape index (κ2) is 15.5. The van der Waals surface area contributed by atoms with E-state index in [9.17, 15) is 0 Å². The normalized spacial score (nSPS) is 15.5. The van der Waals surface area contributed by atoms with Crippen molar-refractivity contribution in [2.75, 3.05) is 0 Å². The number of allylic oxidation sites excluding steroid dienone is 4. The molecule has 0 radical (unpaired) electrons. The Morgan fingerprint density at radius 2 is 0.754 bits per heavy atom. The minimum Gasteiger partial charge on any atom is -0.135 e. The van der Waals surface area contributed by atoms with Crippen molar-refractivity contribution in [2.24, 2.45) is 11.8 Å². The SMILES string of the molecule is C1=CC2C(c3cc(-c4ccccc4)cc(-c4ccccc4)c3)=c3ccccc3=C(c3cccc4c3sc3ccc(-c5c6ccccc6c(-c6ccccc6)c6ccccc56)cc34)C2C=C1. The van der Waals surface area contributed by atoms with E-state index in [0.29, 0.717) is 0 Å². The van der Waals surface area contributed by atoms with E-state index in [-0.39, 0.29) is 11.8 Å². The molecule has 10 aromatic carbocycles. The van der Waals surface area contributed by atoms with Gasteiger partial charge in [-0.3, -0.25) is 0 Å². The number of fused-ring (bicyclic) bond motifs is 7. The van der Waals surface area contributed by atoms with Crippen molar-refractivity contribution >= 4 is 64.2 Å². The van der Waals surface area contributed by atoms with E-state index in [1.54, 1.807) is 0 Å². The molecule has 0 saturated carbocycles. The molecule has 2 aliphatic carbocycles. The molecule has 0 aliphatic heterocycles. The average molecular weight is 843 g/mol. The quantitative estimate of drug-likeness (QED) is 0.146. The molecule has 1 heterocycles. The second-order valence-corrected chi connectivity index (χ2v) is 18.5. The lowest BCUT2D eigenvalue weighted by Gasteiger charge is -2.34. The maximum atomic E-state index is 2.47. The van der Waals surface area contributed by atoms with Crippen LogP contribution in [0.25, 0.3) is 97.4 Å². The Kier molecular flexibility index (Phi) is 8.96. The molecule has 0 amide bonds. The molecule has 0 saturated heterocycles. The van der Waals surface area contributed by atoms with Crippen molar-refractivity contribution in [1.29, 1.82) is 0 Å². The maximum absolute atomic E-state index is 2.47. The van der Waals surface area contributed by atoms with E-state index in [2.05, 4.69) is 243 Å². The maximum Gasteiger partial charge on any atom is 0.0431 e. The highest BCUT2D eigenvalue weighted by Gasteiger charge is 2.33. The van der Waals surface area contributed by atoms with Crippen LogP contribution in [0.5, 0.6) is 0 Å². The van der Waals surface area contributed by atoms with Crippen LogP contribution in [0.1, 0.15) is 11.1 Å². The highest BCUT2D eigenvalue weighted by Crippen LogP contribution is 2.48. The first-order valence-electron chi connectivity index (χ1n) is 22.7. The van der Waals surface area contributed by atoms with Gasteiger partial charge < -0.3 is 0 Å². The van der Waals surface area contributed by atoms with Crippen molar-refractivity contribution in [3.63, 3.8) is 0 Å². The molecule has 2 unspecified atom stereocenters. The van der Waals surface area contributed by atoms with Gasteiger partial charge in [0.25, 0.3) is 0 Å². The summed E-state index contributed by atoms with van der Waals surface area (Å²) in [6.45, 7) is 0. The first kappa shape index (κ1) is 37.7. The molecule has 11 aromatic rings. The van der Waals surface area contributed by atoms with Crippen LogP contribution in [0.3, 0.4) is 0 Å². The third kappa shape index (κ3) is 6.19. The summed E-state index contributed by atoms with van der Waals surface area (Å²) in [6, 6.07) is 81.1. The Bertz CT molecular complexity index is 3750. The van der Waals surface area contributed by atoms with Crippen molar-refractivity contribution in [3.8, 4) is 44.5 Å². The zero-order valence-corrected chi connectivity index (χ0v) is 36.5. The summed E-state index contributed by atoms with van der Waals surface area (Å²) in [7, 11) is 0. The lowest BCUT2D eigenvalue weighted by Crippen LogP contribution is -2.40. The van der Waals surface area contributed by atoms with Gasteiger partial charge in [0.15, 0.2) is 0 Å². The monoisotopic (exact) mass is 842 g/mol. The predicted octanol–water partition coefficient (Wildman–Crippen LogP) is 15.8. The van der Waals surface area contributed by atoms with Crippen molar-refractivity contribution in [1.82, 2.24) is 0 Å². The van der Waals surface area contributed by atoms with E-state index in [1.165, 1.54) is 119 Å². The summed E-state index contributed by atoms with van der Waals surface area (Å²) in [6.07, 6.45) is 9.42. The number of hydrogen-bond acceptors (Lipinski definition) is 1. The van der Waals surface area contributed by atoms with Gasteiger partial charge >= 0.3 is 0 Å². The fourth-order valence-corrected chi connectivity index (χ4v) is 12.3. The van der Waals surface area contributed by atoms with Gasteiger partial charge in [0, 0.05) is 32.0 Å². The Hall–Kier alpha value is -7.84. The molecule has 1 aromatic heterocycles. The molecule has 0 bridgehead atoms. The van der Waals surface area contributed by atoms with Gasteiger partial charge in [0.2, 0.25) is 0 Å². The lowest BCUT2D eigenvalue weighted by atomic mass is 9.69. The van der Waals surface area contributed by atoms with Crippen LogP contribution in [0, 0.1) is 11.8 Å². The van der Waals surface area contributed by atoms with Crippen molar-refractivity contribution in [2.45, 2.75) is 0 Å². The van der Waals surface area contributed by atoms with Gasteiger partial charge in [-0.1, -0.05) is 212 Å². The molecule has 13 rings (SSSR count). The van der Waals surface area contributed by atoms with Crippen LogP contribution in [0.2, 0.25) is 0 Å². The van der Waals surface area contributed by atoms with Crippen LogP contribution in [-0.2, 0) is 0 Å². The fourth-order valence-electron chi connectivity index (χ4n) is 11.0. The van der Waals surface area contributed by atoms with E-state index in [0.717, 1.165) is 0 Å². The van der Waals surface area contributed by atoms with Gasteiger partial charge in [-0.05, 0) is 129 Å². The third-order valence-corrected chi connectivity index (χ3v) is 15.1. The van der Waals surface area contributed by atoms with Crippen molar-refractivity contribution < 1.29 is 0 Å². The molecule has 2 atom stereocenters. The summed E-state index contributed by atoms with van der Waals surface area (Å²) < 4.78 is 2.66. The smallest absolute Gasteiger partial charge is 0.0431 e. The molecule has 0 nitrogen and oxygen atoms in total. The molecule has 0 fully saturated rings. The van der Waals surface area contributed by atoms with E-state index in [4.69, 9.17) is 0 Å². The highest BCUT2D eigenvalue weighted by atomic mass is 32.1. The minimum absolute atomic E-state index is 0.163. The molecular formula is C64H42S. The van der Waals surface area contributed by atoms with Crippen LogP contribution >= 0.6 is 11.3 Å². The Labute approximate surface area is 382 Å². The lowest BCUT2D eigenvalue weighted by molar-refractivity contribution is 0.687. The highest BCUT2D eigenvalue weighted by molar-refractivity contribution is 7.26. The predicted molar refractivity (Wildman–Crippen MR) is 279 cm³/mol. The van der Waals surface area contributed by atoms with Crippen LogP contribution < -0.4 is 10.4 Å². The summed E-state index contributed by atoms with van der Waals surface area (Å²) in [5.41, 5.74) is 15.4. The van der Waals surface area contributed by atoms with Gasteiger partial charge in [-0.25, -0.2) is 0 Å². The van der Waals surface area contributed by atoms with E-state index in [1.807, 2.05) is 11.3 Å². The first-order valence-corrected chi connectivity index (χ1v) is 23.5. The summed E-state index contributed by atoms with van der Waals surface area (Å²) in [5, 5.41) is 10.4. The third-order valence-electron chi connectivity index (χ3n) is 13.8. The average Bonchev–Trinajstić information content (AvgIpc) is 3.76. The molecule has 65 heavy (non-hydrogen) atoms. The molecular weight excluding hydrogens is 801 g/mol. The van der Waals surface area contributed by atoms with Crippen LogP contribution in [-0.4, -0.2) is 0 Å². The Morgan fingerprint density at radius 1 is 0.292 bits per heavy atom. The number of benzene rings is 10. The molecule has 2 aliphatic rings. The molecule has 0 N–H and O–H groups in total. The van der Waals surface area contributed by atoms with Gasteiger partial charge in [-0.15, -0.1) is 11.3 Å². The summed E-state index contributed by atoms with van der Waals surface area (Å²) in [4.78, 5) is 0. The van der Waals surface area contributed by atoms with Gasteiger partial charge in [0.05, 0.1) is 0 Å². The fraction of sp³-hybridized carbons (Fsp3) is 0.0312. The molecule has 304 valence electrons. The van der Waals surface area contributed by atoms with E-state index >= 15 is 0 Å². The van der Waals surface area contributed by atoms with Gasteiger partial charge in [-0.2, -0.15) is 0 Å². The summed E-state index contributed by atoms with van der Waals surface area (Å²) in [5.74, 6) is 0.328. The first-order chi connectivity index (χ1) is 32.3. The summed E-state index contributed by atoms with van der Waals surface area (Å²) >= 11 is 1.93. The number of hydrogen-bond donors (Lipinski definition) is 0. The van der Waals surface area contributed by atoms with Crippen molar-refractivity contribution in [3.05, 3.63) is 264 Å². The molecule has 0 spiro atoms. The second-order valence-electron chi connectivity index (χ2n) is 17.4. The van der Waals surface area contributed by atoms with E-state index < -0.39 is 0 Å². The van der Waals surface area contributed by atoms with Crippen LogP contribution in [0.4, 0.5) is 0 Å². The Morgan fingerprint density at radius 3 is 1.34 bits per heavy atom. The van der Waals surface area contributed by atoms with Gasteiger partial charge in [0.1, 0.15) is 0 Å². The zero-order valence-electron chi connectivity index (χ0n) is 35.7. The zero-order chi connectivity index (χ0) is 42.8. The molecule has 1 heteroatoms. The minimum atomic E-state index is 0.163. The number of rotatable bonds is 6. The largest absolute Gasteiger partial charge is 0.135 e. The van der Waals surface area contributed by atoms with Crippen LogP contribution in [0.15, 0.2) is 243 Å². The standard InChI is InChI=1S/C64H42S/c1-4-19-41(20-5-1)45-37-46(42-21-6-2-7-22-42)39-47(38-45)62-52-29-14-16-31-54(52)63(55-32-17-15-30-53(55)62)57-34-18-33-56-58-40-44(35-36-59(58)65-64(56)57)61-50-27-12-10-25-48(50)60(43-23-8-3-9-24-43)49-26-11-13-28-51(49)61/h1-40,52,54H.